The monoisotopic (exact) mass is 344 g/mol. The Hall–Kier alpha value is -1.70. The van der Waals surface area contributed by atoms with E-state index in [1.807, 2.05) is 13.8 Å². The molecule has 0 aromatic rings. The lowest BCUT2D eigenvalue weighted by molar-refractivity contribution is -0.153. The zero-order valence-corrected chi connectivity index (χ0v) is 14.7. The van der Waals surface area contributed by atoms with E-state index in [9.17, 15) is 9.59 Å². The summed E-state index contributed by atoms with van der Waals surface area (Å²) in [6, 6.07) is 0. The summed E-state index contributed by atoms with van der Waals surface area (Å²) in [6.45, 7) is 13.5. The third-order valence-electron chi connectivity index (χ3n) is 2.77. The van der Waals surface area contributed by atoms with E-state index in [1.54, 1.807) is 6.92 Å². The van der Waals surface area contributed by atoms with Crippen LogP contribution < -0.4 is 0 Å². The highest BCUT2D eigenvalue weighted by atomic mass is 16.6. The Labute approximate surface area is 143 Å². The molecule has 0 radical (unpaired) electrons. The standard InChI is InChI=1S/C17H28O7/c1-6-16(18)23-10-14(5)21-9-13(4)22-12-15(11-20-8-3)24-17(19)7-2/h6-7,13-15H,1-2,8-12H2,3-5H3. The van der Waals surface area contributed by atoms with Gasteiger partial charge in [0.05, 0.1) is 32.0 Å². The van der Waals surface area contributed by atoms with Crippen LogP contribution in [0.1, 0.15) is 20.8 Å². The number of rotatable bonds is 14. The summed E-state index contributed by atoms with van der Waals surface area (Å²) in [4.78, 5) is 22.2. The molecule has 0 bridgehead atoms. The molecular formula is C17H28O7. The lowest BCUT2D eigenvalue weighted by atomic mass is 10.3. The molecule has 0 heterocycles. The third kappa shape index (κ3) is 11.8. The van der Waals surface area contributed by atoms with Crippen LogP contribution in [-0.2, 0) is 33.3 Å². The van der Waals surface area contributed by atoms with Gasteiger partial charge in [-0.15, -0.1) is 0 Å². The van der Waals surface area contributed by atoms with Crippen LogP contribution in [0.4, 0.5) is 0 Å². The second-order valence-electron chi connectivity index (χ2n) is 5.04. The minimum absolute atomic E-state index is 0.140. The Morgan fingerprint density at radius 1 is 0.917 bits per heavy atom. The molecule has 138 valence electrons. The minimum atomic E-state index is -0.523. The molecule has 0 saturated heterocycles. The molecular weight excluding hydrogens is 316 g/mol. The third-order valence-corrected chi connectivity index (χ3v) is 2.77. The van der Waals surface area contributed by atoms with Crippen molar-refractivity contribution in [1.29, 1.82) is 0 Å². The summed E-state index contributed by atoms with van der Waals surface area (Å²) in [6.07, 6.45) is 1.19. The molecule has 7 nitrogen and oxygen atoms in total. The molecule has 0 aromatic carbocycles. The van der Waals surface area contributed by atoms with Crippen molar-refractivity contribution in [2.24, 2.45) is 0 Å². The second-order valence-corrected chi connectivity index (χ2v) is 5.04. The van der Waals surface area contributed by atoms with Gasteiger partial charge in [-0.2, -0.15) is 0 Å². The molecule has 0 aliphatic heterocycles. The van der Waals surface area contributed by atoms with Crippen LogP contribution in [0.15, 0.2) is 25.3 Å². The Morgan fingerprint density at radius 3 is 2.08 bits per heavy atom. The van der Waals surface area contributed by atoms with Crippen molar-refractivity contribution in [3.05, 3.63) is 25.3 Å². The highest BCUT2D eigenvalue weighted by molar-refractivity contribution is 5.81. The maximum Gasteiger partial charge on any atom is 0.330 e. The molecule has 7 heteroatoms. The van der Waals surface area contributed by atoms with E-state index in [0.29, 0.717) is 13.2 Å². The van der Waals surface area contributed by atoms with E-state index in [1.165, 1.54) is 0 Å². The first kappa shape index (κ1) is 22.3. The van der Waals surface area contributed by atoms with Gasteiger partial charge in [0.15, 0.2) is 0 Å². The van der Waals surface area contributed by atoms with E-state index in [2.05, 4.69) is 13.2 Å². The average Bonchev–Trinajstić information content (AvgIpc) is 2.59. The van der Waals surface area contributed by atoms with Gasteiger partial charge in [0.25, 0.3) is 0 Å². The summed E-state index contributed by atoms with van der Waals surface area (Å²) in [5.74, 6) is -1.01. The quantitative estimate of drug-likeness (QED) is 0.350. The Morgan fingerprint density at radius 2 is 1.50 bits per heavy atom. The normalized spacial score (nSPS) is 14.3. The summed E-state index contributed by atoms with van der Waals surface area (Å²) in [7, 11) is 0. The van der Waals surface area contributed by atoms with Gasteiger partial charge in [0.1, 0.15) is 12.7 Å². The number of hydrogen-bond donors (Lipinski definition) is 0. The average molecular weight is 344 g/mol. The van der Waals surface area contributed by atoms with Gasteiger partial charge in [-0.05, 0) is 20.8 Å². The first-order chi connectivity index (χ1) is 11.4. The molecule has 0 amide bonds. The Kier molecular flexibility index (Phi) is 12.7. The molecule has 3 unspecified atom stereocenters. The highest BCUT2D eigenvalue weighted by Gasteiger charge is 2.16. The summed E-state index contributed by atoms with van der Waals surface area (Å²) in [5, 5.41) is 0. The molecule has 0 saturated carbocycles. The van der Waals surface area contributed by atoms with Crippen LogP contribution in [0, 0.1) is 0 Å². The fourth-order valence-corrected chi connectivity index (χ4v) is 1.50. The highest BCUT2D eigenvalue weighted by Crippen LogP contribution is 2.03. The number of ether oxygens (including phenoxy) is 5. The van der Waals surface area contributed by atoms with Crippen molar-refractivity contribution in [3.63, 3.8) is 0 Å². The maximum atomic E-state index is 11.3. The van der Waals surface area contributed by atoms with Crippen molar-refractivity contribution in [2.75, 3.05) is 33.0 Å². The van der Waals surface area contributed by atoms with Crippen molar-refractivity contribution in [2.45, 2.75) is 39.1 Å². The fourth-order valence-electron chi connectivity index (χ4n) is 1.50. The second kappa shape index (κ2) is 13.7. The van der Waals surface area contributed by atoms with Crippen LogP contribution >= 0.6 is 0 Å². The molecule has 0 fully saturated rings. The van der Waals surface area contributed by atoms with E-state index in [4.69, 9.17) is 23.7 Å². The minimum Gasteiger partial charge on any atom is -0.460 e. The predicted octanol–water partition coefficient (Wildman–Crippen LogP) is 1.66. The summed E-state index contributed by atoms with van der Waals surface area (Å²) in [5.41, 5.74) is 0. The van der Waals surface area contributed by atoms with Crippen LogP contribution in [0.3, 0.4) is 0 Å². The van der Waals surface area contributed by atoms with E-state index in [0.717, 1.165) is 12.2 Å². The van der Waals surface area contributed by atoms with E-state index in [-0.39, 0.29) is 32.0 Å². The topological polar surface area (TPSA) is 80.3 Å². The van der Waals surface area contributed by atoms with Crippen LogP contribution in [0.25, 0.3) is 0 Å². The van der Waals surface area contributed by atoms with Crippen molar-refractivity contribution in [1.82, 2.24) is 0 Å². The maximum absolute atomic E-state index is 11.3. The van der Waals surface area contributed by atoms with Gasteiger partial charge in [-0.1, -0.05) is 13.2 Å². The van der Waals surface area contributed by atoms with Gasteiger partial charge in [0.2, 0.25) is 0 Å². The first-order valence-corrected chi connectivity index (χ1v) is 7.86. The lowest BCUT2D eigenvalue weighted by Crippen LogP contribution is -2.31. The number of esters is 2. The van der Waals surface area contributed by atoms with Gasteiger partial charge >= 0.3 is 11.9 Å². The summed E-state index contributed by atoms with van der Waals surface area (Å²) < 4.78 is 26.4. The number of hydrogen-bond acceptors (Lipinski definition) is 7. The van der Waals surface area contributed by atoms with Gasteiger partial charge in [0, 0.05) is 18.8 Å². The van der Waals surface area contributed by atoms with Crippen molar-refractivity contribution in [3.8, 4) is 0 Å². The smallest absolute Gasteiger partial charge is 0.330 e. The molecule has 0 spiro atoms. The van der Waals surface area contributed by atoms with Gasteiger partial charge in [-0.25, -0.2) is 9.59 Å². The van der Waals surface area contributed by atoms with Crippen molar-refractivity contribution < 1.29 is 33.3 Å². The first-order valence-electron chi connectivity index (χ1n) is 7.86. The molecule has 0 N–H and O–H groups in total. The lowest BCUT2D eigenvalue weighted by Gasteiger charge is -2.21. The molecule has 3 atom stereocenters. The molecule has 24 heavy (non-hydrogen) atoms. The molecule has 0 aliphatic carbocycles. The van der Waals surface area contributed by atoms with Crippen LogP contribution in [0.2, 0.25) is 0 Å². The summed E-state index contributed by atoms with van der Waals surface area (Å²) >= 11 is 0. The molecule has 0 aliphatic rings. The van der Waals surface area contributed by atoms with Gasteiger partial charge in [-0.3, -0.25) is 0 Å². The van der Waals surface area contributed by atoms with Crippen LogP contribution in [0.5, 0.6) is 0 Å². The van der Waals surface area contributed by atoms with Gasteiger partial charge < -0.3 is 23.7 Å². The van der Waals surface area contributed by atoms with Crippen molar-refractivity contribution >= 4 is 11.9 Å². The zero-order valence-electron chi connectivity index (χ0n) is 14.7. The van der Waals surface area contributed by atoms with E-state index < -0.39 is 18.0 Å². The fraction of sp³-hybridized carbons (Fsp3) is 0.647. The predicted molar refractivity (Wildman–Crippen MR) is 88.6 cm³/mol. The number of carbonyl (C=O) groups is 2. The van der Waals surface area contributed by atoms with Crippen LogP contribution in [-0.4, -0.2) is 63.3 Å². The molecule has 0 rings (SSSR count). The zero-order chi connectivity index (χ0) is 18.4. The largest absolute Gasteiger partial charge is 0.460 e. The Bertz CT molecular complexity index is 394. The van der Waals surface area contributed by atoms with E-state index >= 15 is 0 Å². The molecule has 0 aromatic heterocycles. The number of carbonyl (C=O) groups excluding carboxylic acids is 2. The Balaban J connectivity index is 4.06. The SMILES string of the molecule is C=CC(=O)OCC(C)OCC(C)OCC(COCC)OC(=O)C=C.